The molecule has 0 aliphatic carbocycles. The molecule has 0 N–H and O–H groups in total. The third-order valence-corrected chi connectivity index (χ3v) is 4.96. The number of hydrogen-bond acceptors (Lipinski definition) is 8. The normalized spacial score (nSPS) is 17.2. The Labute approximate surface area is 167 Å². The fourth-order valence-corrected chi connectivity index (χ4v) is 3.54. The van der Waals surface area contributed by atoms with E-state index in [1.807, 2.05) is 6.07 Å². The monoisotopic (exact) mass is 416 g/mol. The lowest BCUT2D eigenvalue weighted by Gasteiger charge is -2.19. The highest BCUT2D eigenvalue weighted by Crippen LogP contribution is 2.29. The molecular formula is C18H15F3N8O. The number of halogens is 3. The van der Waals surface area contributed by atoms with Crippen LogP contribution in [-0.2, 0) is 6.18 Å². The van der Waals surface area contributed by atoms with Crippen molar-refractivity contribution >= 4 is 22.4 Å². The van der Waals surface area contributed by atoms with Gasteiger partial charge in [0.1, 0.15) is 12.1 Å². The van der Waals surface area contributed by atoms with Gasteiger partial charge in [0.25, 0.3) is 5.82 Å². The molecule has 5 heterocycles. The highest BCUT2D eigenvalue weighted by molar-refractivity contribution is 5.88. The maximum absolute atomic E-state index is 13.0. The molecule has 9 nitrogen and oxygen atoms in total. The van der Waals surface area contributed by atoms with Gasteiger partial charge in [0, 0.05) is 36.7 Å². The molecule has 1 saturated heterocycles. The zero-order valence-electron chi connectivity index (χ0n) is 15.5. The van der Waals surface area contributed by atoms with Gasteiger partial charge >= 0.3 is 6.18 Å². The summed E-state index contributed by atoms with van der Waals surface area (Å²) in [5.41, 5.74) is 0.779. The van der Waals surface area contributed by atoms with E-state index in [0.717, 1.165) is 29.7 Å². The van der Waals surface area contributed by atoms with Gasteiger partial charge in [-0.25, -0.2) is 9.97 Å². The topological polar surface area (TPSA) is 94.2 Å². The van der Waals surface area contributed by atoms with Crippen LogP contribution in [0.2, 0.25) is 0 Å². The second kappa shape index (κ2) is 7.04. The summed E-state index contributed by atoms with van der Waals surface area (Å²) in [6, 6.07) is 4.76. The number of nitrogens with zero attached hydrogens (tertiary/aromatic N) is 8. The molecule has 5 rings (SSSR count). The second-order valence-corrected chi connectivity index (χ2v) is 6.96. The van der Waals surface area contributed by atoms with E-state index in [1.165, 1.54) is 18.5 Å². The zero-order valence-corrected chi connectivity index (χ0v) is 15.5. The molecule has 4 aromatic heterocycles. The molecule has 12 heteroatoms. The molecule has 0 saturated carbocycles. The number of fused-ring (bicyclic) bond motifs is 2. The van der Waals surface area contributed by atoms with Crippen molar-refractivity contribution in [2.45, 2.75) is 12.6 Å². The molecule has 30 heavy (non-hydrogen) atoms. The van der Waals surface area contributed by atoms with Crippen LogP contribution < -0.4 is 9.64 Å². The fraction of sp³-hybridized carbons (Fsp3) is 0.333. The molecule has 1 aliphatic heterocycles. The van der Waals surface area contributed by atoms with Crippen molar-refractivity contribution in [2.24, 2.45) is 5.92 Å². The summed E-state index contributed by atoms with van der Waals surface area (Å²) in [5.74, 6) is -0.0777. The molecule has 0 spiro atoms. The Kier molecular flexibility index (Phi) is 4.33. The molecule has 154 valence electrons. The minimum atomic E-state index is -4.65. The van der Waals surface area contributed by atoms with Gasteiger partial charge in [-0.3, -0.25) is 4.98 Å². The van der Waals surface area contributed by atoms with Gasteiger partial charge in [-0.15, -0.1) is 15.3 Å². The predicted octanol–water partition coefficient (Wildman–Crippen LogP) is 2.39. The Morgan fingerprint density at radius 2 is 2.03 bits per heavy atom. The first-order valence-electron chi connectivity index (χ1n) is 9.21. The third-order valence-electron chi connectivity index (χ3n) is 4.96. The summed E-state index contributed by atoms with van der Waals surface area (Å²) < 4.78 is 45.3. The number of alkyl halides is 3. The van der Waals surface area contributed by atoms with Crippen LogP contribution in [0.1, 0.15) is 12.2 Å². The SMILES string of the molecule is FC(F)(F)c1nnc2ccc(OCC3CCN(c4ncnc5cnccc45)C3)nn12. The summed E-state index contributed by atoms with van der Waals surface area (Å²) in [7, 11) is 0. The molecule has 1 fully saturated rings. The van der Waals surface area contributed by atoms with Crippen LogP contribution in [0.3, 0.4) is 0 Å². The van der Waals surface area contributed by atoms with Gasteiger partial charge in [0.2, 0.25) is 5.88 Å². The number of hydrogen-bond donors (Lipinski definition) is 0. The number of rotatable bonds is 4. The maximum Gasteiger partial charge on any atom is 0.453 e. The number of ether oxygens (including phenoxy) is 1. The van der Waals surface area contributed by atoms with E-state index in [-0.39, 0.29) is 17.4 Å². The summed E-state index contributed by atoms with van der Waals surface area (Å²) in [6.45, 7) is 1.82. The number of anilines is 1. The Hall–Kier alpha value is -3.57. The predicted molar refractivity (Wildman–Crippen MR) is 98.9 cm³/mol. The van der Waals surface area contributed by atoms with Crippen LogP contribution in [0.4, 0.5) is 19.0 Å². The Balaban J connectivity index is 1.29. The van der Waals surface area contributed by atoms with Crippen molar-refractivity contribution in [1.82, 2.24) is 34.8 Å². The molecule has 1 aliphatic rings. The van der Waals surface area contributed by atoms with Crippen LogP contribution in [0.5, 0.6) is 5.88 Å². The quantitative estimate of drug-likeness (QED) is 0.501. The Morgan fingerprint density at radius 1 is 1.13 bits per heavy atom. The van der Waals surface area contributed by atoms with Crippen LogP contribution in [0.15, 0.2) is 36.9 Å². The highest BCUT2D eigenvalue weighted by atomic mass is 19.4. The first-order valence-corrected chi connectivity index (χ1v) is 9.21. The smallest absolute Gasteiger partial charge is 0.453 e. The first-order chi connectivity index (χ1) is 14.5. The molecular weight excluding hydrogens is 401 g/mol. The lowest BCUT2D eigenvalue weighted by atomic mass is 10.1. The molecule has 4 aromatic rings. The molecule has 1 atom stereocenters. The third kappa shape index (κ3) is 3.33. The van der Waals surface area contributed by atoms with Crippen molar-refractivity contribution in [3.05, 3.63) is 42.7 Å². The molecule has 0 amide bonds. The number of pyridine rings is 1. The average molecular weight is 416 g/mol. The van der Waals surface area contributed by atoms with Crippen LogP contribution in [-0.4, -0.2) is 54.5 Å². The summed E-state index contributed by atoms with van der Waals surface area (Å²) in [6.07, 6.45) is 1.12. The van der Waals surface area contributed by atoms with Crippen LogP contribution in [0.25, 0.3) is 16.6 Å². The van der Waals surface area contributed by atoms with Gasteiger partial charge in [0.15, 0.2) is 5.65 Å². The van der Waals surface area contributed by atoms with E-state index in [1.54, 1.807) is 12.4 Å². The average Bonchev–Trinajstić information content (AvgIpc) is 3.38. The summed E-state index contributed by atoms with van der Waals surface area (Å²) in [5, 5.41) is 11.5. The van der Waals surface area contributed by atoms with E-state index in [9.17, 15) is 13.2 Å². The second-order valence-electron chi connectivity index (χ2n) is 6.96. The van der Waals surface area contributed by atoms with E-state index in [0.29, 0.717) is 17.7 Å². The first kappa shape index (κ1) is 18.5. The summed E-state index contributed by atoms with van der Waals surface area (Å²) >= 11 is 0. The van der Waals surface area contributed by atoms with Gasteiger partial charge in [-0.1, -0.05) is 0 Å². The minimum Gasteiger partial charge on any atom is -0.476 e. The minimum absolute atomic E-state index is 0.00634. The highest BCUT2D eigenvalue weighted by Gasteiger charge is 2.37. The van der Waals surface area contributed by atoms with Crippen molar-refractivity contribution in [2.75, 3.05) is 24.6 Å². The molecule has 0 aromatic carbocycles. The lowest BCUT2D eigenvalue weighted by Crippen LogP contribution is -2.23. The van der Waals surface area contributed by atoms with Crippen molar-refractivity contribution < 1.29 is 17.9 Å². The molecule has 0 bridgehead atoms. The summed E-state index contributed by atoms with van der Waals surface area (Å²) in [4.78, 5) is 14.9. The lowest BCUT2D eigenvalue weighted by molar-refractivity contribution is -0.146. The van der Waals surface area contributed by atoms with E-state index in [2.05, 4.69) is 35.1 Å². The fourth-order valence-electron chi connectivity index (χ4n) is 3.54. The van der Waals surface area contributed by atoms with Crippen molar-refractivity contribution in [1.29, 1.82) is 0 Å². The van der Waals surface area contributed by atoms with Gasteiger partial charge in [-0.2, -0.15) is 17.7 Å². The van der Waals surface area contributed by atoms with Crippen molar-refractivity contribution in [3.63, 3.8) is 0 Å². The van der Waals surface area contributed by atoms with Gasteiger partial charge < -0.3 is 9.64 Å². The Bertz CT molecular complexity index is 1210. The Morgan fingerprint density at radius 3 is 2.90 bits per heavy atom. The zero-order chi connectivity index (χ0) is 20.7. The maximum atomic E-state index is 13.0. The van der Waals surface area contributed by atoms with E-state index in [4.69, 9.17) is 4.74 Å². The van der Waals surface area contributed by atoms with E-state index >= 15 is 0 Å². The molecule has 0 radical (unpaired) electrons. The van der Waals surface area contributed by atoms with Crippen LogP contribution >= 0.6 is 0 Å². The largest absolute Gasteiger partial charge is 0.476 e. The van der Waals surface area contributed by atoms with Gasteiger partial charge in [-0.05, 0) is 18.6 Å². The van der Waals surface area contributed by atoms with Crippen molar-refractivity contribution in [3.8, 4) is 5.88 Å². The van der Waals surface area contributed by atoms with E-state index < -0.39 is 12.0 Å². The number of aromatic nitrogens is 7. The standard InChI is InChI=1S/C18H15F3N8O/c19-18(20,21)17-26-25-14-1-2-15(27-29(14)17)30-9-11-4-6-28(8-11)16-12-3-5-22-7-13(12)23-10-24-16/h1-3,5,7,10-11H,4,6,8-9H2. The van der Waals surface area contributed by atoms with Crippen LogP contribution in [0, 0.1) is 5.92 Å². The molecule has 1 unspecified atom stereocenters. The van der Waals surface area contributed by atoms with Gasteiger partial charge in [0.05, 0.1) is 18.3 Å².